The lowest BCUT2D eigenvalue weighted by atomic mass is 9.80. The largest absolute Gasteiger partial charge is 0.328 e. The van der Waals surface area contributed by atoms with E-state index >= 15 is 0 Å². The summed E-state index contributed by atoms with van der Waals surface area (Å²) < 4.78 is 13.2. The van der Waals surface area contributed by atoms with Crippen molar-refractivity contribution in [3.05, 3.63) is 48.3 Å². The molecule has 1 heterocycles. The number of amides is 2. The van der Waals surface area contributed by atoms with Crippen molar-refractivity contribution in [1.29, 1.82) is 0 Å². The van der Waals surface area contributed by atoms with Crippen LogP contribution in [0, 0.1) is 11.2 Å². The summed E-state index contributed by atoms with van der Waals surface area (Å²) in [6.45, 7) is 13.0. The van der Waals surface area contributed by atoms with Crippen molar-refractivity contribution in [2.45, 2.75) is 52.1 Å². The van der Waals surface area contributed by atoms with Crippen LogP contribution in [0.15, 0.2) is 36.9 Å². The molecule has 2 unspecified atom stereocenters. The van der Waals surface area contributed by atoms with Crippen LogP contribution in [0.3, 0.4) is 0 Å². The van der Waals surface area contributed by atoms with Crippen LogP contribution in [0.1, 0.15) is 46.1 Å². The zero-order valence-corrected chi connectivity index (χ0v) is 14.5. The Morgan fingerprint density at radius 3 is 2.48 bits per heavy atom. The van der Waals surface area contributed by atoms with Gasteiger partial charge in [-0.15, -0.1) is 6.58 Å². The van der Waals surface area contributed by atoms with Gasteiger partial charge in [-0.05, 0) is 42.9 Å². The van der Waals surface area contributed by atoms with Crippen LogP contribution in [-0.2, 0) is 5.54 Å². The quantitative estimate of drug-likeness (QED) is 0.817. The highest BCUT2D eigenvalue weighted by Crippen LogP contribution is 2.35. The van der Waals surface area contributed by atoms with E-state index in [0.29, 0.717) is 13.0 Å². The predicted molar refractivity (Wildman–Crippen MR) is 91.7 cm³/mol. The number of benzene rings is 1. The Morgan fingerprint density at radius 1 is 1.39 bits per heavy atom. The van der Waals surface area contributed by atoms with Crippen molar-refractivity contribution in [2.75, 3.05) is 6.54 Å². The molecule has 1 saturated heterocycles. The van der Waals surface area contributed by atoms with Crippen LogP contribution in [0.2, 0.25) is 0 Å². The summed E-state index contributed by atoms with van der Waals surface area (Å²) >= 11 is 0. The van der Waals surface area contributed by atoms with E-state index in [2.05, 4.69) is 39.6 Å². The molecule has 4 heteroatoms. The number of carbonyl (C=O) groups is 1. The Hall–Kier alpha value is -1.84. The summed E-state index contributed by atoms with van der Waals surface area (Å²) in [5.41, 5.74) is 0.446. The smallest absolute Gasteiger partial charge is 0.318 e. The molecule has 1 aromatic rings. The number of hydrogen-bond donors (Lipinski definition) is 1. The van der Waals surface area contributed by atoms with Crippen molar-refractivity contribution in [2.24, 2.45) is 5.41 Å². The fourth-order valence-electron chi connectivity index (χ4n) is 3.09. The van der Waals surface area contributed by atoms with Gasteiger partial charge in [0.15, 0.2) is 0 Å². The first kappa shape index (κ1) is 17.5. The van der Waals surface area contributed by atoms with E-state index in [9.17, 15) is 9.18 Å². The molecule has 1 aromatic carbocycles. The van der Waals surface area contributed by atoms with Gasteiger partial charge in [0.1, 0.15) is 5.82 Å². The zero-order valence-electron chi connectivity index (χ0n) is 14.5. The molecule has 0 spiro atoms. The first-order valence-corrected chi connectivity index (χ1v) is 8.15. The summed E-state index contributed by atoms with van der Waals surface area (Å²) in [4.78, 5) is 14.6. The number of urea groups is 1. The van der Waals surface area contributed by atoms with E-state index in [4.69, 9.17) is 0 Å². The molecule has 3 nitrogen and oxygen atoms in total. The number of carbonyl (C=O) groups excluding carboxylic acids is 1. The fraction of sp³-hybridized carbons (Fsp3) is 0.526. The first-order chi connectivity index (χ1) is 10.7. The van der Waals surface area contributed by atoms with E-state index < -0.39 is 5.54 Å². The van der Waals surface area contributed by atoms with Crippen LogP contribution in [0.5, 0.6) is 0 Å². The van der Waals surface area contributed by atoms with Gasteiger partial charge in [0.05, 0.1) is 5.54 Å². The molecular formula is C19H27FN2O. The fourth-order valence-corrected chi connectivity index (χ4v) is 3.09. The van der Waals surface area contributed by atoms with Crippen LogP contribution in [0.4, 0.5) is 9.18 Å². The van der Waals surface area contributed by atoms with E-state index in [-0.39, 0.29) is 23.3 Å². The summed E-state index contributed by atoms with van der Waals surface area (Å²) in [7, 11) is 0. The summed E-state index contributed by atoms with van der Waals surface area (Å²) in [6, 6.07) is 6.46. The third-order valence-corrected chi connectivity index (χ3v) is 5.00. The monoisotopic (exact) mass is 318 g/mol. The molecule has 1 aliphatic rings. The maximum Gasteiger partial charge on any atom is 0.318 e. The summed E-state index contributed by atoms with van der Waals surface area (Å²) in [5.74, 6) is -0.271. The van der Waals surface area contributed by atoms with Crippen molar-refractivity contribution in [1.82, 2.24) is 10.2 Å². The van der Waals surface area contributed by atoms with Gasteiger partial charge < -0.3 is 10.2 Å². The highest BCUT2D eigenvalue weighted by molar-refractivity contribution is 5.77. The van der Waals surface area contributed by atoms with Crippen LogP contribution < -0.4 is 5.32 Å². The van der Waals surface area contributed by atoms with Crippen LogP contribution >= 0.6 is 0 Å². The molecule has 1 N–H and O–H groups in total. The SMILES string of the molecule is C=CCC1(c2ccc(F)cc2)CCN(C(C)C(C)(C)C)C(=O)N1. The Kier molecular flexibility index (Phi) is 4.83. The minimum atomic E-state index is -0.499. The molecule has 1 fully saturated rings. The van der Waals surface area contributed by atoms with Crippen molar-refractivity contribution < 1.29 is 9.18 Å². The number of nitrogens with zero attached hydrogens (tertiary/aromatic N) is 1. The van der Waals surface area contributed by atoms with E-state index in [1.807, 2.05) is 11.0 Å². The molecular weight excluding hydrogens is 291 g/mol. The zero-order chi connectivity index (χ0) is 17.3. The minimum absolute atomic E-state index is 0.0195. The molecule has 2 atom stereocenters. The van der Waals surface area contributed by atoms with Crippen molar-refractivity contribution >= 4 is 6.03 Å². The molecule has 2 amide bonds. The Bertz CT molecular complexity index is 576. The third-order valence-electron chi connectivity index (χ3n) is 5.00. The molecule has 0 aromatic heterocycles. The van der Waals surface area contributed by atoms with Gasteiger partial charge in [-0.25, -0.2) is 9.18 Å². The standard InChI is InChI=1S/C19H27FN2O/c1-6-11-19(15-7-9-16(20)10-8-15)12-13-22(17(23)21-19)14(2)18(3,4)5/h6-10,14H,1,11-13H2,2-5H3,(H,21,23). The molecule has 126 valence electrons. The lowest BCUT2D eigenvalue weighted by Gasteiger charge is -2.47. The number of hydrogen-bond acceptors (Lipinski definition) is 1. The molecule has 0 aliphatic carbocycles. The molecule has 1 aliphatic heterocycles. The molecule has 0 saturated carbocycles. The van der Waals surface area contributed by atoms with Gasteiger partial charge in [-0.2, -0.15) is 0 Å². The highest BCUT2D eigenvalue weighted by atomic mass is 19.1. The maximum absolute atomic E-state index is 13.2. The third kappa shape index (κ3) is 3.57. The van der Waals surface area contributed by atoms with Gasteiger partial charge in [0.25, 0.3) is 0 Å². The average Bonchev–Trinajstić information content (AvgIpc) is 2.46. The van der Waals surface area contributed by atoms with Gasteiger partial charge >= 0.3 is 6.03 Å². The molecule has 23 heavy (non-hydrogen) atoms. The highest BCUT2D eigenvalue weighted by Gasteiger charge is 2.41. The second-order valence-corrected chi connectivity index (χ2v) is 7.50. The first-order valence-electron chi connectivity index (χ1n) is 8.15. The lowest BCUT2D eigenvalue weighted by Crippen LogP contribution is -2.61. The predicted octanol–water partition coefficient (Wildman–Crippen LogP) is 4.45. The second-order valence-electron chi connectivity index (χ2n) is 7.50. The Morgan fingerprint density at radius 2 is 2.00 bits per heavy atom. The molecule has 0 bridgehead atoms. The summed E-state index contributed by atoms with van der Waals surface area (Å²) in [6.07, 6.45) is 3.21. The summed E-state index contributed by atoms with van der Waals surface area (Å²) in [5, 5.41) is 3.16. The van der Waals surface area contributed by atoms with Crippen molar-refractivity contribution in [3.63, 3.8) is 0 Å². The van der Waals surface area contributed by atoms with Gasteiger partial charge in [0.2, 0.25) is 0 Å². The lowest BCUT2D eigenvalue weighted by molar-refractivity contribution is 0.0867. The van der Waals surface area contributed by atoms with Gasteiger partial charge in [0, 0.05) is 12.6 Å². The Labute approximate surface area is 138 Å². The van der Waals surface area contributed by atoms with E-state index in [0.717, 1.165) is 12.0 Å². The Balaban J connectivity index is 2.27. The van der Waals surface area contributed by atoms with E-state index in [1.54, 1.807) is 12.1 Å². The number of rotatable bonds is 4. The van der Waals surface area contributed by atoms with Crippen LogP contribution in [-0.4, -0.2) is 23.5 Å². The number of nitrogens with one attached hydrogen (secondary N) is 1. The average molecular weight is 318 g/mol. The van der Waals surface area contributed by atoms with Gasteiger partial charge in [-0.3, -0.25) is 0 Å². The topological polar surface area (TPSA) is 32.3 Å². The van der Waals surface area contributed by atoms with E-state index in [1.165, 1.54) is 12.1 Å². The molecule has 0 radical (unpaired) electrons. The maximum atomic E-state index is 13.2. The van der Waals surface area contributed by atoms with Crippen molar-refractivity contribution in [3.8, 4) is 0 Å². The van der Waals surface area contributed by atoms with Crippen LogP contribution in [0.25, 0.3) is 0 Å². The normalized spacial score (nSPS) is 23.3. The molecule has 2 rings (SSSR count). The minimum Gasteiger partial charge on any atom is -0.328 e. The van der Waals surface area contributed by atoms with Gasteiger partial charge in [-0.1, -0.05) is 39.0 Å². The second kappa shape index (κ2) is 6.34. The number of halogens is 1.